The van der Waals surface area contributed by atoms with Crippen LogP contribution in [0.4, 0.5) is 0 Å². The first-order valence-corrected chi connectivity index (χ1v) is 8.89. The van der Waals surface area contributed by atoms with Crippen molar-refractivity contribution in [3.05, 3.63) is 46.6 Å². The number of hydrogen-bond donors (Lipinski definition) is 1. The zero-order valence-electron chi connectivity index (χ0n) is 15.6. The van der Waals surface area contributed by atoms with Crippen LogP contribution >= 0.6 is 0 Å². The van der Waals surface area contributed by atoms with Gasteiger partial charge in [-0.05, 0) is 50.6 Å². The molecule has 25 heavy (non-hydrogen) atoms. The number of likely N-dealkylation sites (N-methyl/N-ethyl adjacent to an activating group) is 1. The summed E-state index contributed by atoms with van der Waals surface area (Å²) in [6, 6.07) is 6.66. The lowest BCUT2D eigenvalue weighted by Crippen LogP contribution is -2.35. The van der Waals surface area contributed by atoms with Gasteiger partial charge in [-0.15, -0.1) is 0 Å². The predicted octanol–water partition coefficient (Wildman–Crippen LogP) is 2.23. The quantitative estimate of drug-likeness (QED) is 0.867. The summed E-state index contributed by atoms with van der Waals surface area (Å²) in [6.07, 6.45) is 0.649. The van der Waals surface area contributed by atoms with E-state index in [2.05, 4.69) is 53.0 Å². The van der Waals surface area contributed by atoms with E-state index in [1.165, 1.54) is 11.1 Å². The molecule has 3 rings (SSSR count). The highest BCUT2D eigenvalue weighted by Crippen LogP contribution is 2.22. The maximum atomic E-state index is 10.6. The third-order valence-electron chi connectivity index (χ3n) is 5.18. The van der Waals surface area contributed by atoms with Gasteiger partial charge in [0.1, 0.15) is 0 Å². The van der Waals surface area contributed by atoms with Gasteiger partial charge in [-0.2, -0.15) is 4.98 Å². The van der Waals surface area contributed by atoms with E-state index >= 15 is 0 Å². The molecular weight excluding hydrogens is 316 g/mol. The molecular formula is C19H28N4O2. The van der Waals surface area contributed by atoms with Crippen molar-refractivity contribution in [2.45, 2.75) is 45.9 Å². The van der Waals surface area contributed by atoms with Gasteiger partial charge in [-0.3, -0.25) is 9.80 Å². The minimum absolute atomic E-state index is 0.441. The highest BCUT2D eigenvalue weighted by molar-refractivity contribution is 5.31. The minimum Gasteiger partial charge on any atom is -0.387 e. The Morgan fingerprint density at radius 3 is 2.80 bits per heavy atom. The van der Waals surface area contributed by atoms with Crippen molar-refractivity contribution in [1.82, 2.24) is 19.9 Å². The molecule has 136 valence electrons. The van der Waals surface area contributed by atoms with Gasteiger partial charge >= 0.3 is 0 Å². The zero-order valence-corrected chi connectivity index (χ0v) is 15.6. The standard InChI is InChI=1S/C19H28N4O2/c1-13-5-6-16(9-14(13)2)18(24)11-23-8-7-17(10-23)22(4)12-19-20-15(3)25-21-19/h5-6,9,17-18,24H,7-8,10-12H2,1-4H3/t17-,18-/m0/s1. The molecule has 0 saturated carbocycles. The van der Waals surface area contributed by atoms with Gasteiger partial charge < -0.3 is 9.63 Å². The molecule has 6 heteroatoms. The Balaban J connectivity index is 1.52. The van der Waals surface area contributed by atoms with E-state index in [-0.39, 0.29) is 0 Å². The second-order valence-electron chi connectivity index (χ2n) is 7.21. The summed E-state index contributed by atoms with van der Waals surface area (Å²) in [5.74, 6) is 1.33. The molecule has 0 bridgehead atoms. The van der Waals surface area contributed by atoms with Crippen molar-refractivity contribution in [3.8, 4) is 0 Å². The molecule has 1 aromatic carbocycles. The van der Waals surface area contributed by atoms with Crippen molar-refractivity contribution in [3.63, 3.8) is 0 Å². The maximum Gasteiger partial charge on any atom is 0.223 e. The SMILES string of the molecule is Cc1nc(CN(C)[C@H]2CCN(C[C@H](O)c3ccc(C)c(C)c3)C2)no1. The molecule has 2 aromatic rings. The van der Waals surface area contributed by atoms with Crippen molar-refractivity contribution in [2.75, 3.05) is 26.7 Å². The predicted molar refractivity (Wildman–Crippen MR) is 96.2 cm³/mol. The molecule has 0 amide bonds. The fraction of sp³-hybridized carbons (Fsp3) is 0.579. The smallest absolute Gasteiger partial charge is 0.223 e. The number of aliphatic hydroxyl groups excluding tert-OH is 1. The first-order chi connectivity index (χ1) is 11.9. The average molecular weight is 344 g/mol. The Labute approximate surface area is 149 Å². The second-order valence-corrected chi connectivity index (χ2v) is 7.21. The molecule has 1 N–H and O–H groups in total. The molecule has 1 aliphatic rings. The molecule has 1 fully saturated rings. The zero-order chi connectivity index (χ0) is 18.0. The number of rotatable bonds is 6. The van der Waals surface area contributed by atoms with Crippen molar-refractivity contribution in [1.29, 1.82) is 0 Å². The minimum atomic E-state index is -0.441. The molecule has 0 radical (unpaired) electrons. The number of hydrogen-bond acceptors (Lipinski definition) is 6. The van der Waals surface area contributed by atoms with Crippen LogP contribution in [0.2, 0.25) is 0 Å². The number of nitrogens with zero attached hydrogens (tertiary/aromatic N) is 4. The topological polar surface area (TPSA) is 65.6 Å². The Morgan fingerprint density at radius 2 is 2.12 bits per heavy atom. The summed E-state index contributed by atoms with van der Waals surface area (Å²) in [4.78, 5) is 8.88. The van der Waals surface area contributed by atoms with E-state index in [1.54, 1.807) is 0 Å². The number of likely N-dealkylation sites (tertiary alicyclic amines) is 1. The van der Waals surface area contributed by atoms with Gasteiger partial charge in [0.05, 0.1) is 12.6 Å². The van der Waals surface area contributed by atoms with Gasteiger partial charge in [0.15, 0.2) is 5.82 Å². The molecule has 6 nitrogen and oxygen atoms in total. The van der Waals surface area contributed by atoms with Crippen LogP contribution in [0.15, 0.2) is 22.7 Å². The van der Waals surface area contributed by atoms with Crippen molar-refractivity contribution >= 4 is 0 Å². The van der Waals surface area contributed by atoms with Gasteiger partial charge in [-0.25, -0.2) is 0 Å². The summed E-state index contributed by atoms with van der Waals surface area (Å²) in [5.41, 5.74) is 3.49. The lowest BCUT2D eigenvalue weighted by atomic mass is 10.0. The molecule has 0 spiro atoms. The molecule has 2 atom stereocenters. The van der Waals surface area contributed by atoms with Gasteiger partial charge in [0.25, 0.3) is 0 Å². The van der Waals surface area contributed by atoms with Crippen LogP contribution in [-0.4, -0.2) is 57.8 Å². The first kappa shape index (κ1) is 18.0. The number of aryl methyl sites for hydroxylation is 3. The molecule has 1 aromatic heterocycles. The van der Waals surface area contributed by atoms with Crippen LogP contribution < -0.4 is 0 Å². The highest BCUT2D eigenvalue weighted by atomic mass is 16.5. The first-order valence-electron chi connectivity index (χ1n) is 8.89. The molecule has 2 heterocycles. The second kappa shape index (κ2) is 7.64. The largest absolute Gasteiger partial charge is 0.387 e. The number of aliphatic hydroxyl groups is 1. The Morgan fingerprint density at radius 1 is 1.32 bits per heavy atom. The summed E-state index contributed by atoms with van der Waals surface area (Å²) >= 11 is 0. The van der Waals surface area contributed by atoms with E-state index in [4.69, 9.17) is 4.52 Å². The lowest BCUT2D eigenvalue weighted by molar-refractivity contribution is 0.120. The maximum absolute atomic E-state index is 10.6. The Bertz CT molecular complexity index is 715. The van der Waals surface area contributed by atoms with Crippen LogP contribution in [0.3, 0.4) is 0 Å². The fourth-order valence-electron chi connectivity index (χ4n) is 3.42. The van der Waals surface area contributed by atoms with Crippen LogP contribution in [0, 0.1) is 20.8 Å². The third kappa shape index (κ3) is 4.45. The van der Waals surface area contributed by atoms with Crippen molar-refractivity contribution in [2.24, 2.45) is 0 Å². The Kier molecular flexibility index (Phi) is 5.51. The van der Waals surface area contributed by atoms with E-state index in [0.29, 0.717) is 25.0 Å². The summed E-state index contributed by atoms with van der Waals surface area (Å²) in [6.45, 7) is 9.31. The summed E-state index contributed by atoms with van der Waals surface area (Å²) < 4.78 is 5.04. The van der Waals surface area contributed by atoms with Crippen LogP contribution in [0.25, 0.3) is 0 Å². The summed E-state index contributed by atoms with van der Waals surface area (Å²) in [7, 11) is 2.10. The highest BCUT2D eigenvalue weighted by Gasteiger charge is 2.28. The van der Waals surface area contributed by atoms with Crippen molar-refractivity contribution < 1.29 is 9.63 Å². The molecule has 0 aliphatic carbocycles. The summed E-state index contributed by atoms with van der Waals surface area (Å²) in [5, 5.41) is 14.5. The van der Waals surface area contributed by atoms with Crippen LogP contribution in [0.5, 0.6) is 0 Å². The van der Waals surface area contributed by atoms with Gasteiger partial charge in [0.2, 0.25) is 5.89 Å². The van der Waals surface area contributed by atoms with E-state index in [9.17, 15) is 5.11 Å². The molecule has 1 aliphatic heterocycles. The van der Waals surface area contributed by atoms with E-state index in [1.807, 2.05) is 13.0 Å². The van der Waals surface area contributed by atoms with E-state index < -0.39 is 6.10 Å². The van der Waals surface area contributed by atoms with Crippen LogP contribution in [-0.2, 0) is 6.54 Å². The normalized spacial score (nSPS) is 19.7. The number of aromatic nitrogens is 2. The molecule has 0 unspecified atom stereocenters. The monoisotopic (exact) mass is 344 g/mol. The lowest BCUT2D eigenvalue weighted by Gasteiger charge is -2.24. The van der Waals surface area contributed by atoms with E-state index in [0.717, 1.165) is 30.9 Å². The van der Waals surface area contributed by atoms with Gasteiger partial charge in [0, 0.05) is 26.1 Å². The average Bonchev–Trinajstić information content (AvgIpc) is 3.19. The number of benzene rings is 1. The van der Waals surface area contributed by atoms with Gasteiger partial charge in [-0.1, -0.05) is 23.4 Å². The fourth-order valence-corrected chi connectivity index (χ4v) is 3.42. The Hall–Kier alpha value is -1.76. The third-order valence-corrected chi connectivity index (χ3v) is 5.18. The number of β-amino-alcohol motifs (C(OH)–C–C–N with tert-alkyl or cyclic N) is 1. The molecule has 1 saturated heterocycles. The van der Waals surface area contributed by atoms with Crippen LogP contribution in [0.1, 0.15) is 40.9 Å².